The van der Waals surface area contributed by atoms with Crippen molar-refractivity contribution in [1.82, 2.24) is 4.90 Å². The summed E-state index contributed by atoms with van der Waals surface area (Å²) in [4.78, 5) is 28.2. The standard InChI is InChI=1S/C28H37N3O3/c1-34-24-17-13-21(14-18-24)27(32)30-23-15-11-20(12-16-23)19-31(26-10-6-5-9-25(26)29)28(33)22-7-3-2-4-8-22/h11-18,22,25-26H,2-10,19,29H2,1H3,(H,30,32). The van der Waals surface area contributed by atoms with Crippen LogP contribution >= 0.6 is 0 Å². The van der Waals surface area contributed by atoms with Gasteiger partial charge in [-0.1, -0.05) is 44.2 Å². The fraction of sp³-hybridized carbons (Fsp3) is 0.500. The molecule has 0 bridgehead atoms. The lowest BCUT2D eigenvalue weighted by Gasteiger charge is -2.40. The molecule has 2 atom stereocenters. The van der Waals surface area contributed by atoms with Crippen LogP contribution in [0.4, 0.5) is 5.69 Å². The van der Waals surface area contributed by atoms with Crippen LogP contribution < -0.4 is 15.8 Å². The predicted octanol–water partition coefficient (Wildman–Crippen LogP) is 5.13. The molecule has 3 N–H and O–H groups in total. The van der Waals surface area contributed by atoms with E-state index in [9.17, 15) is 9.59 Å². The number of benzene rings is 2. The summed E-state index contributed by atoms with van der Waals surface area (Å²) in [6.07, 6.45) is 9.74. The van der Waals surface area contributed by atoms with E-state index in [0.717, 1.165) is 62.6 Å². The highest BCUT2D eigenvalue weighted by Crippen LogP contribution is 2.30. The highest BCUT2D eigenvalue weighted by molar-refractivity contribution is 6.04. The maximum Gasteiger partial charge on any atom is 0.255 e. The number of ether oxygens (including phenoxy) is 1. The van der Waals surface area contributed by atoms with Crippen molar-refractivity contribution < 1.29 is 14.3 Å². The molecule has 6 nitrogen and oxygen atoms in total. The second-order valence-corrected chi connectivity index (χ2v) is 9.70. The molecule has 2 amide bonds. The topological polar surface area (TPSA) is 84.7 Å². The summed E-state index contributed by atoms with van der Waals surface area (Å²) in [6, 6.07) is 15.0. The molecule has 0 radical (unpaired) electrons. The lowest BCUT2D eigenvalue weighted by Crippen LogP contribution is -2.53. The van der Waals surface area contributed by atoms with E-state index in [2.05, 4.69) is 10.2 Å². The second-order valence-electron chi connectivity index (χ2n) is 9.70. The maximum absolute atomic E-state index is 13.6. The number of carbonyl (C=O) groups is 2. The van der Waals surface area contributed by atoms with E-state index < -0.39 is 0 Å². The highest BCUT2D eigenvalue weighted by Gasteiger charge is 2.34. The summed E-state index contributed by atoms with van der Waals surface area (Å²) < 4.78 is 5.15. The molecule has 0 heterocycles. The molecule has 2 fully saturated rings. The van der Waals surface area contributed by atoms with E-state index in [4.69, 9.17) is 10.5 Å². The Labute approximate surface area is 202 Å². The SMILES string of the molecule is COc1ccc(C(=O)Nc2ccc(CN(C(=O)C3CCCCC3)C3CCCCC3N)cc2)cc1. The van der Waals surface area contributed by atoms with Gasteiger partial charge >= 0.3 is 0 Å². The molecule has 0 spiro atoms. The first-order valence-corrected chi connectivity index (χ1v) is 12.7. The van der Waals surface area contributed by atoms with E-state index in [-0.39, 0.29) is 29.8 Å². The number of methoxy groups -OCH3 is 1. The number of nitrogens with one attached hydrogen (secondary N) is 1. The third-order valence-electron chi connectivity index (χ3n) is 7.34. The molecule has 0 aromatic heterocycles. The number of hydrogen-bond acceptors (Lipinski definition) is 4. The third-order valence-corrected chi connectivity index (χ3v) is 7.34. The summed E-state index contributed by atoms with van der Waals surface area (Å²) >= 11 is 0. The van der Waals surface area contributed by atoms with Crippen LogP contribution in [0.3, 0.4) is 0 Å². The Morgan fingerprint density at radius 1 is 0.912 bits per heavy atom. The number of carbonyl (C=O) groups excluding carboxylic acids is 2. The fourth-order valence-corrected chi connectivity index (χ4v) is 5.31. The third kappa shape index (κ3) is 5.98. The molecule has 2 unspecified atom stereocenters. The van der Waals surface area contributed by atoms with Crippen LogP contribution in [0, 0.1) is 5.92 Å². The number of nitrogens with two attached hydrogens (primary N) is 1. The average Bonchev–Trinajstić information content (AvgIpc) is 2.89. The molecule has 0 aliphatic heterocycles. The quantitative estimate of drug-likeness (QED) is 0.596. The maximum atomic E-state index is 13.6. The van der Waals surface area contributed by atoms with Gasteiger partial charge in [-0.15, -0.1) is 0 Å². The lowest BCUT2D eigenvalue weighted by atomic mass is 9.85. The van der Waals surface area contributed by atoms with Gasteiger partial charge in [0.2, 0.25) is 5.91 Å². The van der Waals surface area contributed by atoms with Crippen LogP contribution in [0.5, 0.6) is 5.75 Å². The van der Waals surface area contributed by atoms with Gasteiger partial charge in [-0.05, 0) is 67.6 Å². The number of rotatable bonds is 7. The summed E-state index contributed by atoms with van der Waals surface area (Å²) in [5, 5.41) is 2.94. The Balaban J connectivity index is 1.44. The zero-order chi connectivity index (χ0) is 23.9. The highest BCUT2D eigenvalue weighted by atomic mass is 16.5. The zero-order valence-electron chi connectivity index (χ0n) is 20.2. The number of anilines is 1. The molecule has 0 saturated heterocycles. The molecular formula is C28H37N3O3. The molecule has 34 heavy (non-hydrogen) atoms. The molecule has 2 aromatic carbocycles. The number of amides is 2. The van der Waals surface area contributed by atoms with Gasteiger partial charge in [-0.2, -0.15) is 0 Å². The summed E-state index contributed by atoms with van der Waals surface area (Å²) in [5.41, 5.74) is 8.86. The molecule has 2 aliphatic rings. The van der Waals surface area contributed by atoms with Crippen molar-refractivity contribution in [2.24, 2.45) is 11.7 Å². The van der Waals surface area contributed by atoms with Crippen molar-refractivity contribution >= 4 is 17.5 Å². The molecule has 2 aromatic rings. The fourth-order valence-electron chi connectivity index (χ4n) is 5.31. The van der Waals surface area contributed by atoms with Gasteiger partial charge in [0, 0.05) is 35.8 Å². The van der Waals surface area contributed by atoms with Gasteiger partial charge in [0.05, 0.1) is 7.11 Å². The van der Waals surface area contributed by atoms with E-state index in [1.807, 2.05) is 24.3 Å². The van der Waals surface area contributed by atoms with E-state index in [1.54, 1.807) is 31.4 Å². The van der Waals surface area contributed by atoms with Gasteiger partial charge in [0.25, 0.3) is 5.91 Å². The summed E-state index contributed by atoms with van der Waals surface area (Å²) in [6.45, 7) is 0.570. The van der Waals surface area contributed by atoms with Crippen LogP contribution in [0.1, 0.15) is 73.7 Å². The summed E-state index contributed by atoms with van der Waals surface area (Å²) in [5.74, 6) is 0.952. The minimum absolute atomic E-state index is 0.0457. The van der Waals surface area contributed by atoms with Crippen LogP contribution in [0.25, 0.3) is 0 Å². The monoisotopic (exact) mass is 463 g/mol. The summed E-state index contributed by atoms with van der Waals surface area (Å²) in [7, 11) is 1.60. The van der Waals surface area contributed by atoms with Crippen molar-refractivity contribution in [3.63, 3.8) is 0 Å². The van der Waals surface area contributed by atoms with Crippen LogP contribution in [0.2, 0.25) is 0 Å². The van der Waals surface area contributed by atoms with Crippen LogP contribution in [-0.2, 0) is 11.3 Å². The molecule has 2 saturated carbocycles. The zero-order valence-corrected chi connectivity index (χ0v) is 20.2. The Morgan fingerprint density at radius 3 is 2.21 bits per heavy atom. The number of hydrogen-bond donors (Lipinski definition) is 2. The first kappa shape index (κ1) is 24.3. The Kier molecular flexibility index (Phi) is 8.22. The number of nitrogens with zero attached hydrogens (tertiary/aromatic N) is 1. The molecule has 6 heteroatoms. The smallest absolute Gasteiger partial charge is 0.255 e. The van der Waals surface area contributed by atoms with Crippen molar-refractivity contribution in [1.29, 1.82) is 0 Å². The molecular weight excluding hydrogens is 426 g/mol. The molecule has 2 aliphatic carbocycles. The van der Waals surface area contributed by atoms with Gasteiger partial charge in [0.15, 0.2) is 0 Å². The van der Waals surface area contributed by atoms with E-state index in [1.165, 1.54) is 6.42 Å². The van der Waals surface area contributed by atoms with Crippen molar-refractivity contribution in [2.75, 3.05) is 12.4 Å². The van der Waals surface area contributed by atoms with E-state index >= 15 is 0 Å². The Hall–Kier alpha value is -2.86. The first-order valence-electron chi connectivity index (χ1n) is 12.7. The van der Waals surface area contributed by atoms with Gasteiger partial charge in [-0.25, -0.2) is 0 Å². The van der Waals surface area contributed by atoms with Crippen LogP contribution in [0.15, 0.2) is 48.5 Å². The predicted molar refractivity (Wildman–Crippen MR) is 135 cm³/mol. The van der Waals surface area contributed by atoms with Gasteiger partial charge in [-0.3, -0.25) is 9.59 Å². The van der Waals surface area contributed by atoms with Gasteiger partial charge in [0.1, 0.15) is 5.75 Å². The van der Waals surface area contributed by atoms with Crippen molar-refractivity contribution in [3.8, 4) is 5.75 Å². The molecule has 4 rings (SSSR count). The lowest BCUT2D eigenvalue weighted by molar-refractivity contribution is -0.141. The minimum atomic E-state index is -0.169. The molecule has 182 valence electrons. The minimum Gasteiger partial charge on any atom is -0.497 e. The Bertz CT molecular complexity index is 952. The largest absolute Gasteiger partial charge is 0.497 e. The van der Waals surface area contributed by atoms with E-state index in [0.29, 0.717) is 17.9 Å². The van der Waals surface area contributed by atoms with Crippen LogP contribution in [-0.4, -0.2) is 35.9 Å². The van der Waals surface area contributed by atoms with Crippen molar-refractivity contribution in [3.05, 3.63) is 59.7 Å². The van der Waals surface area contributed by atoms with Crippen molar-refractivity contribution in [2.45, 2.75) is 76.4 Å². The normalized spacial score (nSPS) is 21.0. The Morgan fingerprint density at radius 2 is 1.56 bits per heavy atom. The average molecular weight is 464 g/mol. The first-order chi connectivity index (χ1) is 16.5. The van der Waals surface area contributed by atoms with Gasteiger partial charge < -0.3 is 20.7 Å². The second kappa shape index (κ2) is 11.5.